The van der Waals surface area contributed by atoms with E-state index in [-0.39, 0.29) is 5.91 Å². The third-order valence-electron chi connectivity index (χ3n) is 1.87. The fraction of sp³-hybridized carbons (Fsp3) is 0.222. The molecule has 1 amide bonds. The van der Waals surface area contributed by atoms with Crippen molar-refractivity contribution in [3.8, 4) is 0 Å². The lowest BCUT2D eigenvalue weighted by atomic mass is 10.2. The molecule has 78 valence electrons. The average molecular weight is 223 g/mol. The minimum Gasteiger partial charge on any atom is -0.466 e. The van der Waals surface area contributed by atoms with Crippen molar-refractivity contribution < 1.29 is 9.21 Å². The van der Waals surface area contributed by atoms with Crippen molar-refractivity contribution in [1.82, 2.24) is 10.2 Å². The lowest BCUT2D eigenvalue weighted by molar-refractivity contribution is 0.102. The Morgan fingerprint density at radius 2 is 2.33 bits per heavy atom. The summed E-state index contributed by atoms with van der Waals surface area (Å²) in [5.41, 5.74) is 2.09. The molecule has 0 radical (unpaired) electrons. The zero-order chi connectivity index (χ0) is 10.8. The summed E-state index contributed by atoms with van der Waals surface area (Å²) < 4.78 is 5.26. The second kappa shape index (κ2) is 3.82. The average Bonchev–Trinajstić information content (AvgIpc) is 2.75. The normalized spacial score (nSPS) is 10.3. The molecule has 15 heavy (non-hydrogen) atoms. The molecule has 0 saturated carbocycles. The second-order valence-corrected chi connectivity index (χ2v) is 3.86. The number of rotatable bonds is 2. The highest BCUT2D eigenvalue weighted by atomic mass is 32.1. The number of hydrogen-bond acceptors (Lipinski definition) is 5. The molecule has 0 aliphatic heterocycles. The van der Waals surface area contributed by atoms with Gasteiger partial charge >= 0.3 is 0 Å². The van der Waals surface area contributed by atoms with Crippen molar-refractivity contribution in [1.29, 1.82) is 0 Å². The molecule has 2 rings (SSSR count). The van der Waals surface area contributed by atoms with Crippen molar-refractivity contribution in [2.75, 3.05) is 5.32 Å². The van der Waals surface area contributed by atoms with Gasteiger partial charge in [-0.05, 0) is 19.9 Å². The Kier molecular flexibility index (Phi) is 2.51. The molecule has 0 aliphatic rings. The second-order valence-electron chi connectivity index (χ2n) is 3.02. The summed E-state index contributed by atoms with van der Waals surface area (Å²) in [6.45, 7) is 3.55. The third kappa shape index (κ3) is 2.04. The van der Waals surface area contributed by atoms with E-state index < -0.39 is 0 Å². The molecular formula is C9H9N3O2S. The quantitative estimate of drug-likeness (QED) is 0.845. The van der Waals surface area contributed by atoms with Crippen LogP contribution in [0.25, 0.3) is 0 Å². The van der Waals surface area contributed by atoms with Crippen molar-refractivity contribution in [2.24, 2.45) is 0 Å². The van der Waals surface area contributed by atoms with E-state index in [0.29, 0.717) is 16.5 Å². The van der Waals surface area contributed by atoms with Crippen molar-refractivity contribution >= 4 is 22.4 Å². The summed E-state index contributed by atoms with van der Waals surface area (Å²) in [5.74, 6) is 1.10. The Balaban J connectivity index is 2.18. The largest absolute Gasteiger partial charge is 0.466 e. The molecule has 6 heteroatoms. The molecule has 0 unspecified atom stereocenters. The molecule has 0 fully saturated rings. The van der Waals surface area contributed by atoms with Crippen molar-refractivity contribution in [3.63, 3.8) is 0 Å². The van der Waals surface area contributed by atoms with Crippen LogP contribution in [-0.4, -0.2) is 16.1 Å². The number of furan rings is 1. The molecule has 0 spiro atoms. The van der Waals surface area contributed by atoms with Gasteiger partial charge in [0.05, 0.1) is 5.56 Å². The maximum absolute atomic E-state index is 11.7. The Morgan fingerprint density at radius 3 is 2.87 bits per heavy atom. The van der Waals surface area contributed by atoms with Crippen LogP contribution in [0.3, 0.4) is 0 Å². The number of amides is 1. The van der Waals surface area contributed by atoms with Crippen LogP contribution in [0.5, 0.6) is 0 Å². The maximum Gasteiger partial charge on any atom is 0.261 e. The van der Waals surface area contributed by atoms with E-state index in [1.54, 1.807) is 25.4 Å². The fourth-order valence-electron chi connectivity index (χ4n) is 1.25. The molecule has 5 nitrogen and oxygen atoms in total. The van der Waals surface area contributed by atoms with Gasteiger partial charge in [0, 0.05) is 0 Å². The molecule has 2 aromatic heterocycles. The highest BCUT2D eigenvalue weighted by molar-refractivity contribution is 7.13. The summed E-state index contributed by atoms with van der Waals surface area (Å²) in [6.07, 6.45) is 0. The van der Waals surface area contributed by atoms with Gasteiger partial charge in [-0.1, -0.05) is 11.3 Å². The molecular weight excluding hydrogens is 214 g/mol. The SMILES string of the molecule is Cc1cc(C(=O)Nc2nncs2)c(C)o1. The van der Waals surface area contributed by atoms with Crippen LogP contribution in [0.15, 0.2) is 16.0 Å². The number of carbonyl (C=O) groups excluding carboxylic acids is 1. The van der Waals surface area contributed by atoms with Gasteiger partial charge in [0.15, 0.2) is 0 Å². The van der Waals surface area contributed by atoms with Gasteiger partial charge in [0.25, 0.3) is 5.91 Å². The van der Waals surface area contributed by atoms with Crippen LogP contribution in [0, 0.1) is 13.8 Å². The number of carbonyl (C=O) groups is 1. The summed E-state index contributed by atoms with van der Waals surface area (Å²) in [4.78, 5) is 11.7. The molecule has 0 bridgehead atoms. The smallest absolute Gasteiger partial charge is 0.261 e. The lowest BCUT2D eigenvalue weighted by Gasteiger charge is -1.97. The highest BCUT2D eigenvalue weighted by Gasteiger charge is 2.14. The monoisotopic (exact) mass is 223 g/mol. The van der Waals surface area contributed by atoms with E-state index in [2.05, 4.69) is 15.5 Å². The van der Waals surface area contributed by atoms with E-state index in [9.17, 15) is 4.79 Å². The first-order chi connectivity index (χ1) is 7.16. The van der Waals surface area contributed by atoms with Crippen molar-refractivity contribution in [2.45, 2.75) is 13.8 Å². The minimum atomic E-state index is -0.221. The van der Waals surface area contributed by atoms with Gasteiger partial charge in [0.1, 0.15) is 17.0 Å². The summed E-state index contributed by atoms with van der Waals surface area (Å²) in [5, 5.41) is 10.5. The first-order valence-corrected chi connectivity index (χ1v) is 5.19. The topological polar surface area (TPSA) is 68.0 Å². The molecule has 2 heterocycles. The van der Waals surface area contributed by atoms with Crippen LogP contribution < -0.4 is 5.32 Å². The van der Waals surface area contributed by atoms with E-state index in [1.807, 2.05) is 0 Å². The van der Waals surface area contributed by atoms with Crippen LogP contribution in [0.4, 0.5) is 5.13 Å². The Morgan fingerprint density at radius 1 is 1.53 bits per heavy atom. The first-order valence-electron chi connectivity index (χ1n) is 4.31. The maximum atomic E-state index is 11.7. The zero-order valence-corrected chi connectivity index (χ0v) is 9.09. The third-order valence-corrected chi connectivity index (χ3v) is 2.47. The Hall–Kier alpha value is -1.69. The standard InChI is InChI=1S/C9H9N3O2S/c1-5-3-7(6(2)14-5)8(13)11-9-12-10-4-15-9/h3-4H,1-2H3,(H,11,12,13). The summed E-state index contributed by atoms with van der Waals surface area (Å²) >= 11 is 1.27. The van der Waals surface area contributed by atoms with Crippen molar-refractivity contribution in [3.05, 3.63) is 28.7 Å². The van der Waals surface area contributed by atoms with Crippen LogP contribution >= 0.6 is 11.3 Å². The van der Waals surface area contributed by atoms with E-state index in [4.69, 9.17) is 4.42 Å². The molecule has 2 aromatic rings. The predicted octanol–water partition coefficient (Wildman–Crippen LogP) is 2.00. The predicted molar refractivity (Wildman–Crippen MR) is 56.0 cm³/mol. The van der Waals surface area contributed by atoms with Gasteiger partial charge < -0.3 is 4.42 Å². The lowest BCUT2D eigenvalue weighted by Crippen LogP contribution is -2.11. The first kappa shape index (κ1) is 9.85. The molecule has 0 aliphatic carbocycles. The number of anilines is 1. The molecule has 0 saturated heterocycles. The molecule has 1 N–H and O–H groups in total. The Labute approximate surface area is 90.1 Å². The van der Waals surface area contributed by atoms with Crippen LogP contribution in [0.1, 0.15) is 21.9 Å². The fourth-order valence-corrected chi connectivity index (χ4v) is 1.69. The summed E-state index contributed by atoms with van der Waals surface area (Å²) in [6, 6.07) is 1.70. The number of nitrogens with zero attached hydrogens (tertiary/aromatic N) is 2. The molecule has 0 atom stereocenters. The number of nitrogens with one attached hydrogen (secondary N) is 1. The van der Waals surface area contributed by atoms with E-state index >= 15 is 0 Å². The number of aryl methyl sites for hydroxylation is 2. The van der Waals surface area contributed by atoms with Gasteiger partial charge in [-0.2, -0.15) is 0 Å². The van der Waals surface area contributed by atoms with E-state index in [0.717, 1.165) is 5.76 Å². The van der Waals surface area contributed by atoms with Gasteiger partial charge in [-0.15, -0.1) is 10.2 Å². The molecule has 0 aromatic carbocycles. The van der Waals surface area contributed by atoms with Crippen LogP contribution in [-0.2, 0) is 0 Å². The zero-order valence-electron chi connectivity index (χ0n) is 8.27. The van der Waals surface area contributed by atoms with E-state index in [1.165, 1.54) is 11.3 Å². The van der Waals surface area contributed by atoms with Gasteiger partial charge in [0.2, 0.25) is 5.13 Å². The minimum absolute atomic E-state index is 0.221. The van der Waals surface area contributed by atoms with Crippen LogP contribution in [0.2, 0.25) is 0 Å². The van der Waals surface area contributed by atoms with Gasteiger partial charge in [-0.25, -0.2) is 0 Å². The Bertz CT molecular complexity index is 476. The highest BCUT2D eigenvalue weighted by Crippen LogP contribution is 2.16. The number of aromatic nitrogens is 2. The van der Waals surface area contributed by atoms with Gasteiger partial charge in [-0.3, -0.25) is 10.1 Å². The number of hydrogen-bond donors (Lipinski definition) is 1. The summed E-state index contributed by atoms with van der Waals surface area (Å²) in [7, 11) is 0.